The minimum atomic E-state index is -0.131. The minimum Gasteiger partial charge on any atom is -0.307 e. The van der Waals surface area contributed by atoms with Crippen LogP contribution in [0.2, 0.25) is 0 Å². The third-order valence-electron chi connectivity index (χ3n) is 4.99. The maximum absolute atomic E-state index is 12.9. The number of thioether (sulfide) groups is 1. The molecule has 6 heteroatoms. The molecule has 1 amide bonds. The van der Waals surface area contributed by atoms with Crippen LogP contribution in [0.1, 0.15) is 15.9 Å². The zero-order valence-corrected chi connectivity index (χ0v) is 16.6. The molecular weight excluding hydrogens is 380 g/mol. The van der Waals surface area contributed by atoms with Crippen molar-refractivity contribution >= 4 is 34.3 Å². The second kappa shape index (κ2) is 7.22. The number of hydrogen-bond acceptors (Lipinski definition) is 4. The van der Waals surface area contributed by atoms with Gasteiger partial charge in [-0.2, -0.15) is 5.10 Å². The van der Waals surface area contributed by atoms with E-state index in [9.17, 15) is 4.79 Å². The van der Waals surface area contributed by atoms with E-state index in [1.54, 1.807) is 22.6 Å². The number of carbonyl (C=O) groups is 1. The van der Waals surface area contributed by atoms with Crippen LogP contribution in [0.25, 0.3) is 21.9 Å². The summed E-state index contributed by atoms with van der Waals surface area (Å²) in [5, 5.41) is 11.3. The fourth-order valence-electron chi connectivity index (χ4n) is 3.53. The summed E-state index contributed by atoms with van der Waals surface area (Å²) < 4.78 is 1.78. The van der Waals surface area contributed by atoms with Crippen molar-refractivity contribution in [3.05, 3.63) is 83.7 Å². The van der Waals surface area contributed by atoms with Crippen LogP contribution < -0.4 is 5.32 Å². The number of pyridine rings is 1. The average molecular weight is 398 g/mol. The molecule has 3 heterocycles. The van der Waals surface area contributed by atoms with E-state index in [1.165, 1.54) is 0 Å². The third kappa shape index (κ3) is 3.43. The zero-order chi connectivity index (χ0) is 19.8. The first kappa shape index (κ1) is 17.7. The Morgan fingerprint density at radius 1 is 1.10 bits per heavy atom. The van der Waals surface area contributed by atoms with Crippen LogP contribution in [0, 0.1) is 0 Å². The Labute approximate surface area is 172 Å². The molecule has 0 radical (unpaired) electrons. The minimum absolute atomic E-state index is 0.131. The van der Waals surface area contributed by atoms with Gasteiger partial charge in [-0.05, 0) is 52.6 Å². The first-order chi connectivity index (χ1) is 14.2. The number of aryl methyl sites for hydroxylation is 1. The molecule has 0 fully saturated rings. The Morgan fingerprint density at radius 2 is 2.03 bits per heavy atom. The number of carbonyl (C=O) groups excluding carboxylic acids is 1. The van der Waals surface area contributed by atoms with Gasteiger partial charge in [0.05, 0.1) is 6.20 Å². The van der Waals surface area contributed by atoms with Crippen LogP contribution in [0.15, 0.2) is 77.4 Å². The Morgan fingerprint density at radius 3 is 2.90 bits per heavy atom. The topological polar surface area (TPSA) is 59.8 Å². The summed E-state index contributed by atoms with van der Waals surface area (Å²) in [4.78, 5) is 18.5. The quantitative estimate of drug-likeness (QED) is 0.525. The zero-order valence-electron chi connectivity index (χ0n) is 15.8. The standard InChI is InChI=1S/C23H18N4OS/c1-27-14-18(13-25-27)15-7-8-16-12-24-22(11-17(16)10-15)26-23(28)20-4-2-6-21-19(20)5-3-9-29-21/h2-4,6-14H,5H2,1H3,(H,24,26,28). The summed E-state index contributed by atoms with van der Waals surface area (Å²) in [5.74, 6) is 0.412. The monoisotopic (exact) mass is 398 g/mol. The number of benzene rings is 2. The van der Waals surface area contributed by atoms with Crippen LogP contribution in [0.4, 0.5) is 5.82 Å². The van der Waals surface area contributed by atoms with E-state index < -0.39 is 0 Å². The van der Waals surface area contributed by atoms with Crippen molar-refractivity contribution in [3.63, 3.8) is 0 Å². The van der Waals surface area contributed by atoms with Crippen LogP contribution in [-0.2, 0) is 13.5 Å². The van der Waals surface area contributed by atoms with Gasteiger partial charge in [-0.3, -0.25) is 9.48 Å². The molecule has 4 aromatic rings. The van der Waals surface area contributed by atoms with E-state index in [4.69, 9.17) is 0 Å². The summed E-state index contributed by atoms with van der Waals surface area (Å²) in [5.41, 5.74) is 3.90. The molecule has 0 atom stereocenters. The van der Waals surface area contributed by atoms with Crippen molar-refractivity contribution in [2.45, 2.75) is 11.3 Å². The number of fused-ring (bicyclic) bond motifs is 2. The average Bonchev–Trinajstić information content (AvgIpc) is 3.19. The van der Waals surface area contributed by atoms with Gasteiger partial charge < -0.3 is 5.32 Å². The number of nitrogens with zero attached hydrogens (tertiary/aromatic N) is 3. The van der Waals surface area contributed by atoms with Crippen LogP contribution in [0.5, 0.6) is 0 Å². The van der Waals surface area contributed by atoms with Crippen molar-refractivity contribution < 1.29 is 4.79 Å². The van der Waals surface area contributed by atoms with Gasteiger partial charge in [-0.15, -0.1) is 0 Å². The van der Waals surface area contributed by atoms with E-state index in [1.807, 2.05) is 43.7 Å². The van der Waals surface area contributed by atoms with Crippen LogP contribution in [0.3, 0.4) is 0 Å². The summed E-state index contributed by atoms with van der Waals surface area (Å²) in [6.07, 6.45) is 8.46. The molecule has 1 aliphatic rings. The van der Waals surface area contributed by atoms with E-state index in [0.717, 1.165) is 38.8 Å². The van der Waals surface area contributed by atoms with Gasteiger partial charge in [0.1, 0.15) is 5.82 Å². The maximum atomic E-state index is 12.9. The van der Waals surface area contributed by atoms with Gasteiger partial charge in [0.25, 0.3) is 5.91 Å². The molecular formula is C23H18N4OS. The highest BCUT2D eigenvalue weighted by molar-refractivity contribution is 8.02. The van der Waals surface area contributed by atoms with Crippen molar-refractivity contribution in [3.8, 4) is 11.1 Å². The Hall–Kier alpha value is -3.38. The molecule has 2 aromatic heterocycles. The van der Waals surface area contributed by atoms with Gasteiger partial charge in [-0.1, -0.05) is 36.0 Å². The molecule has 0 saturated carbocycles. The highest BCUT2D eigenvalue weighted by Gasteiger charge is 2.16. The van der Waals surface area contributed by atoms with Crippen molar-refractivity contribution in [2.24, 2.45) is 7.05 Å². The Balaban J connectivity index is 1.46. The molecule has 5 rings (SSSR count). The Bertz CT molecular complexity index is 1280. The lowest BCUT2D eigenvalue weighted by Crippen LogP contribution is -2.15. The van der Waals surface area contributed by atoms with Crippen LogP contribution in [-0.4, -0.2) is 20.7 Å². The largest absolute Gasteiger partial charge is 0.307 e. The number of allylic oxidation sites excluding steroid dienone is 1. The molecule has 142 valence electrons. The second-order valence-corrected chi connectivity index (χ2v) is 7.91. The molecule has 0 unspecified atom stereocenters. The molecule has 0 saturated heterocycles. The van der Waals surface area contributed by atoms with Crippen molar-refractivity contribution in [1.29, 1.82) is 0 Å². The highest BCUT2D eigenvalue weighted by Crippen LogP contribution is 2.31. The van der Waals surface area contributed by atoms with Gasteiger partial charge in [-0.25, -0.2) is 4.98 Å². The number of nitrogens with one attached hydrogen (secondary N) is 1. The van der Waals surface area contributed by atoms with Crippen LogP contribution >= 0.6 is 11.8 Å². The molecule has 5 nitrogen and oxygen atoms in total. The van der Waals surface area contributed by atoms with Gasteiger partial charge in [0, 0.05) is 40.8 Å². The normalized spacial score (nSPS) is 12.7. The lowest BCUT2D eigenvalue weighted by Gasteiger charge is -2.15. The third-order valence-corrected chi connectivity index (χ3v) is 5.96. The number of rotatable bonds is 3. The lowest BCUT2D eigenvalue weighted by atomic mass is 10.0. The number of amides is 1. The molecule has 0 aliphatic carbocycles. The van der Waals surface area contributed by atoms with E-state index in [0.29, 0.717) is 11.4 Å². The van der Waals surface area contributed by atoms with E-state index in [2.05, 4.69) is 45.1 Å². The van der Waals surface area contributed by atoms with Gasteiger partial charge in [0.15, 0.2) is 0 Å². The van der Waals surface area contributed by atoms with E-state index >= 15 is 0 Å². The fraction of sp³-hybridized carbons (Fsp3) is 0.0870. The molecule has 1 aliphatic heterocycles. The first-order valence-electron chi connectivity index (χ1n) is 9.31. The number of hydrogen-bond donors (Lipinski definition) is 1. The van der Waals surface area contributed by atoms with Crippen molar-refractivity contribution in [1.82, 2.24) is 14.8 Å². The molecule has 2 aromatic carbocycles. The lowest BCUT2D eigenvalue weighted by molar-refractivity contribution is 0.102. The van der Waals surface area contributed by atoms with Gasteiger partial charge in [0.2, 0.25) is 0 Å². The molecule has 29 heavy (non-hydrogen) atoms. The highest BCUT2D eigenvalue weighted by atomic mass is 32.2. The first-order valence-corrected chi connectivity index (χ1v) is 10.2. The van der Waals surface area contributed by atoms with E-state index in [-0.39, 0.29) is 5.91 Å². The maximum Gasteiger partial charge on any atom is 0.257 e. The summed E-state index contributed by atoms with van der Waals surface area (Å²) in [6, 6.07) is 13.9. The summed E-state index contributed by atoms with van der Waals surface area (Å²) in [6.45, 7) is 0. The smallest absolute Gasteiger partial charge is 0.257 e. The fourth-order valence-corrected chi connectivity index (χ4v) is 4.36. The Kier molecular flexibility index (Phi) is 4.41. The van der Waals surface area contributed by atoms with Gasteiger partial charge >= 0.3 is 0 Å². The number of anilines is 1. The summed E-state index contributed by atoms with van der Waals surface area (Å²) >= 11 is 1.65. The molecule has 0 spiro atoms. The number of aromatic nitrogens is 3. The SMILES string of the molecule is Cn1cc(-c2ccc3cnc(NC(=O)c4cccc5c4CC=CS5)cc3c2)cn1. The second-order valence-electron chi connectivity index (χ2n) is 6.96. The predicted octanol–water partition coefficient (Wildman–Crippen LogP) is 5.05. The summed E-state index contributed by atoms with van der Waals surface area (Å²) in [7, 11) is 1.90. The molecule has 1 N–H and O–H groups in total. The van der Waals surface area contributed by atoms with Crippen molar-refractivity contribution in [2.75, 3.05) is 5.32 Å². The predicted molar refractivity (Wildman–Crippen MR) is 117 cm³/mol. The molecule has 0 bridgehead atoms.